The summed E-state index contributed by atoms with van der Waals surface area (Å²) in [4.78, 5) is 0. The number of nitriles is 2. The molecule has 0 aliphatic carbocycles. The fraction of sp³-hybridized carbons (Fsp3) is 0.200. The van der Waals surface area contributed by atoms with E-state index in [9.17, 15) is 8.42 Å². The Kier molecular flexibility index (Phi) is 3.87. The first-order valence-electron chi connectivity index (χ1n) is 4.41. The molecule has 0 atom stereocenters. The second-order valence-electron chi connectivity index (χ2n) is 3.05. The lowest BCUT2D eigenvalue weighted by atomic mass is 10.1. The van der Waals surface area contributed by atoms with Gasteiger partial charge in [-0.05, 0) is 17.7 Å². The van der Waals surface area contributed by atoms with Gasteiger partial charge in [0.2, 0.25) is 10.0 Å². The van der Waals surface area contributed by atoms with E-state index in [1.54, 1.807) is 30.3 Å². The number of hydrogen-bond donors (Lipinski definition) is 1. The van der Waals surface area contributed by atoms with Crippen LogP contribution in [0.1, 0.15) is 5.56 Å². The van der Waals surface area contributed by atoms with Crippen molar-refractivity contribution < 1.29 is 8.42 Å². The molecule has 1 aromatic rings. The Morgan fingerprint density at radius 1 is 1.12 bits per heavy atom. The summed E-state index contributed by atoms with van der Waals surface area (Å²) >= 11 is 0. The fourth-order valence-electron chi connectivity index (χ4n) is 1.08. The number of nitrogens with one attached hydrogen (secondary N) is 1. The Morgan fingerprint density at radius 2 is 1.75 bits per heavy atom. The highest BCUT2D eigenvalue weighted by atomic mass is 32.2. The quantitative estimate of drug-likeness (QED) is 0.842. The molecule has 16 heavy (non-hydrogen) atoms. The molecule has 0 saturated carbocycles. The van der Waals surface area contributed by atoms with Gasteiger partial charge in [0, 0.05) is 5.69 Å². The van der Waals surface area contributed by atoms with Crippen molar-refractivity contribution in [2.24, 2.45) is 0 Å². The highest BCUT2D eigenvalue weighted by Crippen LogP contribution is 2.11. The zero-order valence-corrected chi connectivity index (χ0v) is 9.16. The van der Waals surface area contributed by atoms with Crippen LogP contribution in [0.25, 0.3) is 0 Å². The largest absolute Gasteiger partial charge is 0.283 e. The summed E-state index contributed by atoms with van der Waals surface area (Å²) in [7, 11) is -3.59. The molecular weight excluding hydrogens is 226 g/mol. The topological polar surface area (TPSA) is 93.8 Å². The number of nitrogens with zero attached hydrogens (tertiary/aromatic N) is 2. The summed E-state index contributed by atoms with van der Waals surface area (Å²) in [5.74, 6) is -0.576. The monoisotopic (exact) mass is 235 g/mol. The number of anilines is 1. The minimum Gasteiger partial charge on any atom is -0.283 e. The smallest absolute Gasteiger partial charge is 0.246 e. The highest BCUT2D eigenvalue weighted by molar-refractivity contribution is 7.92. The molecule has 0 saturated heterocycles. The molecule has 0 aliphatic heterocycles. The van der Waals surface area contributed by atoms with Gasteiger partial charge in [0.15, 0.2) is 5.75 Å². The van der Waals surface area contributed by atoms with Crippen molar-refractivity contribution in [3.8, 4) is 12.1 Å². The number of rotatable bonds is 4. The maximum atomic E-state index is 11.2. The minimum absolute atomic E-state index is 0.283. The molecular formula is C10H9N3O2S. The van der Waals surface area contributed by atoms with E-state index in [1.165, 1.54) is 0 Å². The summed E-state index contributed by atoms with van der Waals surface area (Å²) in [5.41, 5.74) is 1.20. The predicted molar refractivity (Wildman–Crippen MR) is 58.8 cm³/mol. The fourth-order valence-corrected chi connectivity index (χ4v) is 1.82. The molecule has 0 fully saturated rings. The van der Waals surface area contributed by atoms with E-state index in [0.29, 0.717) is 5.69 Å². The zero-order valence-electron chi connectivity index (χ0n) is 8.34. The van der Waals surface area contributed by atoms with Crippen LogP contribution in [-0.2, 0) is 16.4 Å². The maximum absolute atomic E-state index is 11.2. The van der Waals surface area contributed by atoms with Gasteiger partial charge in [-0.3, -0.25) is 4.72 Å². The van der Waals surface area contributed by atoms with Crippen molar-refractivity contribution in [2.75, 3.05) is 10.5 Å². The van der Waals surface area contributed by atoms with Crippen molar-refractivity contribution in [2.45, 2.75) is 6.42 Å². The van der Waals surface area contributed by atoms with Crippen LogP contribution < -0.4 is 4.72 Å². The summed E-state index contributed by atoms with van der Waals surface area (Å²) in [6, 6.07) is 9.99. The third-order valence-electron chi connectivity index (χ3n) is 1.77. The van der Waals surface area contributed by atoms with Crippen LogP contribution in [0.4, 0.5) is 5.69 Å². The van der Waals surface area contributed by atoms with E-state index in [4.69, 9.17) is 10.5 Å². The number of hydrogen-bond acceptors (Lipinski definition) is 4. The zero-order chi connectivity index (χ0) is 12.0. The van der Waals surface area contributed by atoms with Crippen molar-refractivity contribution in [1.29, 1.82) is 10.5 Å². The Hall–Kier alpha value is -2.05. The van der Waals surface area contributed by atoms with Crippen LogP contribution in [0.15, 0.2) is 24.3 Å². The first kappa shape index (κ1) is 12.0. The predicted octanol–water partition coefficient (Wildman–Crippen LogP) is 1.02. The van der Waals surface area contributed by atoms with E-state index in [-0.39, 0.29) is 6.42 Å². The molecule has 6 heteroatoms. The van der Waals surface area contributed by atoms with Crippen molar-refractivity contribution in [3.63, 3.8) is 0 Å². The van der Waals surface area contributed by atoms with E-state index in [1.807, 2.05) is 6.07 Å². The van der Waals surface area contributed by atoms with Crippen molar-refractivity contribution in [1.82, 2.24) is 0 Å². The van der Waals surface area contributed by atoms with Crippen LogP contribution in [0.3, 0.4) is 0 Å². The molecule has 0 spiro atoms. The first-order valence-corrected chi connectivity index (χ1v) is 6.06. The summed E-state index contributed by atoms with van der Waals surface area (Å²) in [6.45, 7) is 0. The van der Waals surface area contributed by atoms with Crippen LogP contribution in [0, 0.1) is 22.7 Å². The molecule has 0 unspecified atom stereocenters. The van der Waals surface area contributed by atoms with Crippen LogP contribution >= 0.6 is 0 Å². The lowest BCUT2D eigenvalue weighted by molar-refractivity contribution is 0.604. The first-order chi connectivity index (χ1) is 7.57. The van der Waals surface area contributed by atoms with Gasteiger partial charge in [0.1, 0.15) is 0 Å². The third kappa shape index (κ3) is 3.60. The van der Waals surface area contributed by atoms with Crippen LogP contribution in [-0.4, -0.2) is 14.2 Å². The number of benzene rings is 1. The highest BCUT2D eigenvalue weighted by Gasteiger charge is 2.08. The lowest BCUT2D eigenvalue weighted by Crippen LogP contribution is -2.15. The summed E-state index contributed by atoms with van der Waals surface area (Å²) in [6.07, 6.45) is 0.283. The van der Waals surface area contributed by atoms with Gasteiger partial charge in [0.25, 0.3) is 0 Å². The van der Waals surface area contributed by atoms with Crippen LogP contribution in [0.2, 0.25) is 0 Å². The minimum atomic E-state index is -3.59. The molecule has 1 N–H and O–H groups in total. The summed E-state index contributed by atoms with van der Waals surface area (Å²) < 4.78 is 24.7. The van der Waals surface area contributed by atoms with E-state index < -0.39 is 15.8 Å². The average molecular weight is 235 g/mol. The Bertz CT molecular complexity index is 535. The van der Waals surface area contributed by atoms with Gasteiger partial charge in [-0.25, -0.2) is 8.42 Å². The van der Waals surface area contributed by atoms with Gasteiger partial charge in [0.05, 0.1) is 18.6 Å². The van der Waals surface area contributed by atoms with Gasteiger partial charge >= 0.3 is 0 Å². The Balaban J connectivity index is 2.78. The molecule has 0 heterocycles. The Morgan fingerprint density at radius 3 is 2.25 bits per heavy atom. The van der Waals surface area contributed by atoms with E-state index in [2.05, 4.69) is 4.72 Å². The molecule has 1 rings (SSSR count). The van der Waals surface area contributed by atoms with E-state index in [0.717, 1.165) is 5.56 Å². The number of sulfonamides is 1. The Labute approximate surface area is 94.0 Å². The molecule has 0 aliphatic rings. The SMILES string of the molecule is N#CCc1ccc(NS(=O)(=O)CC#N)cc1. The third-order valence-corrected chi connectivity index (χ3v) is 2.82. The van der Waals surface area contributed by atoms with Gasteiger partial charge in [-0.15, -0.1) is 0 Å². The molecule has 0 amide bonds. The second-order valence-corrected chi connectivity index (χ2v) is 4.77. The standard InChI is InChI=1S/C10H9N3O2S/c11-6-5-9-1-3-10(4-2-9)13-16(14,15)8-7-12/h1-4,13H,5,8H2. The molecule has 1 aromatic carbocycles. The second kappa shape index (κ2) is 5.15. The van der Waals surface area contributed by atoms with Crippen LogP contribution in [0.5, 0.6) is 0 Å². The van der Waals surface area contributed by atoms with Crippen molar-refractivity contribution >= 4 is 15.7 Å². The summed E-state index contributed by atoms with van der Waals surface area (Å²) in [5, 5.41) is 16.7. The average Bonchev–Trinajstić information content (AvgIpc) is 2.21. The van der Waals surface area contributed by atoms with Gasteiger partial charge in [-0.2, -0.15) is 10.5 Å². The molecule has 82 valence electrons. The van der Waals surface area contributed by atoms with Crippen molar-refractivity contribution in [3.05, 3.63) is 29.8 Å². The molecule has 0 aromatic heterocycles. The molecule has 0 radical (unpaired) electrons. The van der Waals surface area contributed by atoms with Gasteiger partial charge in [-0.1, -0.05) is 12.1 Å². The molecule has 5 nitrogen and oxygen atoms in total. The van der Waals surface area contributed by atoms with E-state index >= 15 is 0 Å². The maximum Gasteiger partial charge on any atom is 0.246 e. The normalized spacial score (nSPS) is 10.1. The molecule has 0 bridgehead atoms. The van der Waals surface area contributed by atoms with Gasteiger partial charge < -0.3 is 0 Å². The lowest BCUT2D eigenvalue weighted by Gasteiger charge is -2.04.